The maximum atomic E-state index is 8.73. The Bertz CT molecular complexity index is 240. The molecule has 12 heavy (non-hydrogen) atoms. The molecular weight excluding hydrogens is 170 g/mol. The molecule has 3 heteroatoms. The molecule has 0 spiro atoms. The van der Waals surface area contributed by atoms with Crippen LogP contribution in [-0.2, 0) is 0 Å². The van der Waals surface area contributed by atoms with Gasteiger partial charge < -0.3 is 10.8 Å². The van der Waals surface area contributed by atoms with Gasteiger partial charge in [0.25, 0.3) is 0 Å². The molecule has 0 fully saturated rings. The summed E-state index contributed by atoms with van der Waals surface area (Å²) in [6.45, 7) is -0.0305. The van der Waals surface area contributed by atoms with Crippen molar-refractivity contribution in [3.05, 3.63) is 29.8 Å². The van der Waals surface area contributed by atoms with Gasteiger partial charge in [-0.15, -0.1) is 12.6 Å². The van der Waals surface area contributed by atoms with E-state index in [4.69, 9.17) is 10.8 Å². The lowest BCUT2D eigenvalue weighted by atomic mass is 10.1. The molecule has 0 saturated heterocycles. The Morgan fingerprint density at radius 2 is 2.17 bits per heavy atom. The van der Waals surface area contributed by atoms with E-state index in [0.717, 1.165) is 10.5 Å². The van der Waals surface area contributed by atoms with E-state index in [9.17, 15) is 0 Å². The first kappa shape index (κ1) is 11.5. The van der Waals surface area contributed by atoms with Crippen LogP contribution in [0.2, 0.25) is 0 Å². The van der Waals surface area contributed by atoms with Crippen LogP contribution < -0.4 is 5.73 Å². The Balaban J connectivity index is 0.00000121. The van der Waals surface area contributed by atoms with Crippen LogP contribution in [0.1, 0.15) is 19.0 Å². The van der Waals surface area contributed by atoms with Crippen molar-refractivity contribution >= 4 is 12.6 Å². The molecule has 3 N–H and O–H groups in total. The Hall–Kier alpha value is -0.510. The number of rotatable bonds is 2. The lowest BCUT2D eigenvalue weighted by Gasteiger charge is -2.07. The molecule has 0 aliphatic carbocycles. The SMILES string of the molecule is C.NC(CO)c1cccc(S)c1. The van der Waals surface area contributed by atoms with Gasteiger partial charge in [0.15, 0.2) is 0 Å². The van der Waals surface area contributed by atoms with Crippen LogP contribution in [0.15, 0.2) is 29.2 Å². The van der Waals surface area contributed by atoms with Crippen molar-refractivity contribution in [3.63, 3.8) is 0 Å². The van der Waals surface area contributed by atoms with Gasteiger partial charge in [-0.3, -0.25) is 0 Å². The summed E-state index contributed by atoms with van der Waals surface area (Å²) in [4.78, 5) is 0.867. The molecule has 1 aromatic rings. The molecule has 1 rings (SSSR count). The fourth-order valence-electron chi connectivity index (χ4n) is 0.861. The van der Waals surface area contributed by atoms with Gasteiger partial charge in [-0.1, -0.05) is 19.6 Å². The quantitative estimate of drug-likeness (QED) is 0.613. The Morgan fingerprint density at radius 1 is 1.50 bits per heavy atom. The maximum Gasteiger partial charge on any atom is 0.0624 e. The Kier molecular flexibility index (Phi) is 4.97. The van der Waals surface area contributed by atoms with Crippen LogP contribution in [-0.4, -0.2) is 11.7 Å². The van der Waals surface area contributed by atoms with Crippen molar-refractivity contribution in [3.8, 4) is 0 Å². The van der Waals surface area contributed by atoms with E-state index in [2.05, 4.69) is 12.6 Å². The van der Waals surface area contributed by atoms with E-state index in [1.54, 1.807) is 0 Å². The highest BCUT2D eigenvalue weighted by atomic mass is 32.1. The highest BCUT2D eigenvalue weighted by Gasteiger charge is 2.02. The van der Waals surface area contributed by atoms with Crippen molar-refractivity contribution in [2.24, 2.45) is 5.73 Å². The van der Waals surface area contributed by atoms with Crippen molar-refractivity contribution in [2.45, 2.75) is 18.4 Å². The average molecular weight is 185 g/mol. The minimum Gasteiger partial charge on any atom is -0.394 e. The van der Waals surface area contributed by atoms with E-state index in [-0.39, 0.29) is 20.1 Å². The molecule has 2 nitrogen and oxygen atoms in total. The van der Waals surface area contributed by atoms with Crippen LogP contribution in [0.3, 0.4) is 0 Å². The van der Waals surface area contributed by atoms with Gasteiger partial charge >= 0.3 is 0 Å². The zero-order chi connectivity index (χ0) is 8.27. The second kappa shape index (κ2) is 5.19. The van der Waals surface area contributed by atoms with Gasteiger partial charge in [0.05, 0.1) is 12.6 Å². The monoisotopic (exact) mass is 185 g/mol. The minimum atomic E-state index is -0.290. The van der Waals surface area contributed by atoms with E-state index in [0.29, 0.717) is 0 Å². The van der Waals surface area contributed by atoms with Crippen molar-refractivity contribution < 1.29 is 5.11 Å². The fraction of sp³-hybridized carbons (Fsp3) is 0.333. The van der Waals surface area contributed by atoms with Gasteiger partial charge in [0.2, 0.25) is 0 Å². The number of hydrogen-bond acceptors (Lipinski definition) is 3. The van der Waals surface area contributed by atoms with E-state index >= 15 is 0 Å². The molecule has 0 bridgehead atoms. The molecule has 0 aliphatic rings. The predicted molar refractivity (Wildman–Crippen MR) is 54.4 cm³/mol. The zero-order valence-electron chi connectivity index (χ0n) is 6.07. The van der Waals surface area contributed by atoms with Crippen molar-refractivity contribution in [2.75, 3.05) is 6.61 Å². The molecule has 0 heterocycles. The van der Waals surface area contributed by atoms with Crippen LogP contribution in [0.4, 0.5) is 0 Å². The molecule has 68 valence electrons. The summed E-state index contributed by atoms with van der Waals surface area (Å²) < 4.78 is 0. The van der Waals surface area contributed by atoms with Gasteiger partial charge in [-0.05, 0) is 17.7 Å². The second-order valence-corrected chi connectivity index (χ2v) is 2.90. The van der Waals surface area contributed by atoms with Crippen LogP contribution in [0.5, 0.6) is 0 Å². The average Bonchev–Trinajstić information content (AvgIpc) is 2.03. The summed E-state index contributed by atoms with van der Waals surface area (Å²) in [7, 11) is 0. The molecule has 0 amide bonds. The third kappa shape index (κ3) is 2.85. The first-order valence-corrected chi connectivity index (χ1v) is 3.84. The van der Waals surface area contributed by atoms with Gasteiger partial charge in [-0.25, -0.2) is 0 Å². The standard InChI is InChI=1S/C8H11NOS.CH4/c9-8(5-10)6-2-1-3-7(11)4-6;/h1-4,8,10-11H,5,9H2;1H4. The minimum absolute atomic E-state index is 0. The smallest absolute Gasteiger partial charge is 0.0624 e. The molecule has 0 saturated carbocycles. The van der Waals surface area contributed by atoms with Crippen LogP contribution >= 0.6 is 12.6 Å². The molecule has 1 aromatic carbocycles. The van der Waals surface area contributed by atoms with Crippen molar-refractivity contribution in [1.29, 1.82) is 0 Å². The summed E-state index contributed by atoms with van der Waals surface area (Å²) >= 11 is 4.15. The molecule has 1 atom stereocenters. The van der Waals surface area contributed by atoms with Crippen molar-refractivity contribution in [1.82, 2.24) is 0 Å². The maximum absolute atomic E-state index is 8.73. The number of aliphatic hydroxyl groups is 1. The highest BCUT2D eigenvalue weighted by molar-refractivity contribution is 7.80. The van der Waals surface area contributed by atoms with Crippen LogP contribution in [0.25, 0.3) is 0 Å². The Morgan fingerprint density at radius 3 is 2.67 bits per heavy atom. The number of aliphatic hydroxyl groups excluding tert-OH is 1. The first-order chi connectivity index (χ1) is 5.24. The first-order valence-electron chi connectivity index (χ1n) is 3.39. The molecule has 0 aromatic heterocycles. The summed E-state index contributed by atoms with van der Waals surface area (Å²) in [5, 5.41) is 8.73. The second-order valence-electron chi connectivity index (χ2n) is 2.38. The predicted octanol–water partition coefficient (Wildman–Crippen LogP) is 1.60. The Labute approximate surface area is 78.8 Å². The number of thiol groups is 1. The summed E-state index contributed by atoms with van der Waals surface area (Å²) in [6, 6.07) is 7.18. The summed E-state index contributed by atoms with van der Waals surface area (Å²) in [6.07, 6.45) is 0. The zero-order valence-corrected chi connectivity index (χ0v) is 6.96. The normalized spacial score (nSPS) is 11.9. The molecular formula is C9H15NOS. The van der Waals surface area contributed by atoms with E-state index in [1.165, 1.54) is 0 Å². The largest absolute Gasteiger partial charge is 0.394 e. The van der Waals surface area contributed by atoms with E-state index in [1.807, 2.05) is 24.3 Å². The summed E-state index contributed by atoms with van der Waals surface area (Å²) in [5.74, 6) is 0. The fourth-order valence-corrected chi connectivity index (χ4v) is 1.10. The highest BCUT2D eigenvalue weighted by Crippen LogP contribution is 2.13. The van der Waals surface area contributed by atoms with Crippen LogP contribution in [0, 0.1) is 0 Å². The molecule has 1 unspecified atom stereocenters. The van der Waals surface area contributed by atoms with Gasteiger partial charge in [0.1, 0.15) is 0 Å². The summed E-state index contributed by atoms with van der Waals surface area (Å²) in [5.41, 5.74) is 6.50. The molecule has 0 radical (unpaired) electrons. The lowest BCUT2D eigenvalue weighted by molar-refractivity contribution is 0.268. The third-order valence-corrected chi connectivity index (χ3v) is 1.77. The van der Waals surface area contributed by atoms with Gasteiger partial charge in [0, 0.05) is 4.90 Å². The molecule has 0 aliphatic heterocycles. The van der Waals surface area contributed by atoms with Gasteiger partial charge in [-0.2, -0.15) is 0 Å². The van der Waals surface area contributed by atoms with E-state index < -0.39 is 0 Å². The topological polar surface area (TPSA) is 46.2 Å². The third-order valence-electron chi connectivity index (χ3n) is 1.50. The number of hydrogen-bond donors (Lipinski definition) is 3. The number of benzene rings is 1. The lowest BCUT2D eigenvalue weighted by Crippen LogP contribution is -2.14. The number of nitrogens with two attached hydrogens (primary N) is 1.